The van der Waals surface area contributed by atoms with Crippen LogP contribution in [-0.4, -0.2) is 54.0 Å². The van der Waals surface area contributed by atoms with Crippen molar-refractivity contribution < 1.29 is 19.0 Å². The van der Waals surface area contributed by atoms with Gasteiger partial charge in [-0.05, 0) is 39.5 Å². The zero-order chi connectivity index (χ0) is 18.2. The minimum atomic E-state index is -0.507. The van der Waals surface area contributed by atoms with Crippen LogP contribution in [0.5, 0.6) is 5.75 Å². The first kappa shape index (κ1) is 17.8. The normalized spacial score (nSPS) is 26.2. The van der Waals surface area contributed by atoms with Crippen molar-refractivity contribution in [1.29, 1.82) is 0 Å². The highest BCUT2D eigenvalue weighted by molar-refractivity contribution is 5.69. The Balaban J connectivity index is 1.81. The zero-order valence-electron chi connectivity index (χ0n) is 15.3. The first-order chi connectivity index (χ1) is 11.8. The lowest BCUT2D eigenvalue weighted by molar-refractivity contribution is -0.0826. The number of methoxy groups -OCH3 is 1. The quantitative estimate of drug-likeness (QED) is 0.883. The topological polar surface area (TPSA) is 86.9 Å². The lowest BCUT2D eigenvalue weighted by Crippen LogP contribution is -2.59. The summed E-state index contributed by atoms with van der Waals surface area (Å²) < 4.78 is 16.8. The van der Waals surface area contributed by atoms with Crippen LogP contribution in [0.25, 0.3) is 0 Å². The van der Waals surface area contributed by atoms with E-state index in [1.807, 2.05) is 25.7 Å². The van der Waals surface area contributed by atoms with E-state index in [9.17, 15) is 4.79 Å². The molecule has 0 saturated carbocycles. The number of anilines is 1. The number of aromatic nitrogens is 1. The molecule has 2 atom stereocenters. The van der Waals surface area contributed by atoms with Crippen molar-refractivity contribution in [2.24, 2.45) is 0 Å². The fourth-order valence-electron chi connectivity index (χ4n) is 3.73. The van der Waals surface area contributed by atoms with Crippen LogP contribution in [0.3, 0.4) is 0 Å². The molecule has 2 saturated heterocycles. The van der Waals surface area contributed by atoms with Crippen LogP contribution in [0.2, 0.25) is 0 Å². The van der Waals surface area contributed by atoms with E-state index in [0.29, 0.717) is 19.0 Å². The number of hydrogen-bond acceptors (Lipinski definition) is 6. The Hall–Kier alpha value is -2.02. The van der Waals surface area contributed by atoms with Crippen molar-refractivity contribution in [3.63, 3.8) is 0 Å². The van der Waals surface area contributed by atoms with Crippen molar-refractivity contribution >= 4 is 11.9 Å². The van der Waals surface area contributed by atoms with Gasteiger partial charge in [-0.1, -0.05) is 0 Å². The van der Waals surface area contributed by atoms with Crippen LogP contribution in [0.15, 0.2) is 12.3 Å². The van der Waals surface area contributed by atoms with Gasteiger partial charge in [-0.2, -0.15) is 0 Å². The van der Waals surface area contributed by atoms with Crippen LogP contribution in [0, 0.1) is 0 Å². The third-order valence-corrected chi connectivity index (χ3v) is 4.70. The molecule has 3 heterocycles. The number of nitrogen functional groups attached to an aromatic ring is 1. The van der Waals surface area contributed by atoms with Gasteiger partial charge in [0.15, 0.2) is 0 Å². The Morgan fingerprint density at radius 1 is 1.32 bits per heavy atom. The van der Waals surface area contributed by atoms with Crippen LogP contribution >= 0.6 is 0 Å². The molecule has 0 aromatic carbocycles. The summed E-state index contributed by atoms with van der Waals surface area (Å²) in [6.45, 7) is 6.70. The second kappa shape index (κ2) is 6.71. The van der Waals surface area contributed by atoms with Crippen molar-refractivity contribution in [3.05, 3.63) is 17.8 Å². The monoisotopic (exact) mass is 349 g/mol. The van der Waals surface area contributed by atoms with Crippen LogP contribution in [0.4, 0.5) is 10.6 Å². The highest BCUT2D eigenvalue weighted by Gasteiger charge is 2.44. The molecule has 2 aliphatic heterocycles. The highest BCUT2D eigenvalue weighted by Crippen LogP contribution is 2.41. The molecular formula is C18H27N3O4. The van der Waals surface area contributed by atoms with E-state index in [1.54, 1.807) is 19.4 Å². The van der Waals surface area contributed by atoms with E-state index < -0.39 is 5.60 Å². The molecule has 0 spiro atoms. The molecule has 7 heteroatoms. The van der Waals surface area contributed by atoms with Crippen molar-refractivity contribution in [2.45, 2.75) is 57.2 Å². The summed E-state index contributed by atoms with van der Waals surface area (Å²) in [4.78, 5) is 18.7. The summed E-state index contributed by atoms with van der Waals surface area (Å²) in [5, 5.41) is 0. The largest absolute Gasteiger partial charge is 0.496 e. The maximum Gasteiger partial charge on any atom is 0.410 e. The van der Waals surface area contributed by atoms with Gasteiger partial charge in [0.2, 0.25) is 0 Å². The summed E-state index contributed by atoms with van der Waals surface area (Å²) in [5.41, 5.74) is 6.30. The zero-order valence-corrected chi connectivity index (χ0v) is 15.3. The van der Waals surface area contributed by atoms with Crippen LogP contribution < -0.4 is 10.5 Å². The minimum Gasteiger partial charge on any atom is -0.496 e. The van der Waals surface area contributed by atoms with Gasteiger partial charge < -0.3 is 19.9 Å². The lowest BCUT2D eigenvalue weighted by Gasteiger charge is -2.48. The van der Waals surface area contributed by atoms with E-state index in [-0.39, 0.29) is 24.1 Å². The Morgan fingerprint density at radius 2 is 1.96 bits per heavy atom. The summed E-state index contributed by atoms with van der Waals surface area (Å²) in [5.74, 6) is 1.44. The number of fused-ring (bicyclic) bond motifs is 2. The Bertz CT molecular complexity index is 630. The standard InChI is InChI=1S/C18H27N3O4/c1-18(2,3)25-17(22)21-12-5-11(6-13(21)10-24-9-12)14-8-20-16(19)7-15(14)23-4/h7-8,11-13H,5-6,9-10H2,1-4H3,(H2,19,20). The Labute approximate surface area is 148 Å². The third-order valence-electron chi connectivity index (χ3n) is 4.70. The molecule has 25 heavy (non-hydrogen) atoms. The first-order valence-corrected chi connectivity index (χ1v) is 8.67. The molecule has 0 aliphatic carbocycles. The number of rotatable bonds is 2. The van der Waals surface area contributed by atoms with E-state index >= 15 is 0 Å². The number of ether oxygens (including phenoxy) is 3. The molecule has 0 radical (unpaired) electrons. The maximum absolute atomic E-state index is 12.6. The molecule has 2 bridgehead atoms. The molecular weight excluding hydrogens is 322 g/mol. The molecule has 2 N–H and O–H groups in total. The fourth-order valence-corrected chi connectivity index (χ4v) is 3.73. The van der Waals surface area contributed by atoms with Gasteiger partial charge in [-0.3, -0.25) is 4.90 Å². The van der Waals surface area contributed by atoms with Crippen LogP contribution in [-0.2, 0) is 9.47 Å². The number of nitrogens with zero attached hydrogens (tertiary/aromatic N) is 2. The molecule has 7 nitrogen and oxygen atoms in total. The summed E-state index contributed by atoms with van der Waals surface area (Å²) in [7, 11) is 1.64. The Kier molecular flexibility index (Phi) is 4.77. The molecule has 1 aromatic rings. The van der Waals surface area contributed by atoms with Crippen molar-refractivity contribution in [2.75, 3.05) is 26.1 Å². The van der Waals surface area contributed by atoms with E-state index in [2.05, 4.69) is 4.98 Å². The van der Waals surface area contributed by atoms with Gasteiger partial charge in [-0.15, -0.1) is 0 Å². The van der Waals surface area contributed by atoms with Gasteiger partial charge in [-0.25, -0.2) is 9.78 Å². The summed E-state index contributed by atoms with van der Waals surface area (Å²) in [6, 6.07) is 1.74. The Morgan fingerprint density at radius 3 is 2.52 bits per heavy atom. The maximum atomic E-state index is 12.6. The fraction of sp³-hybridized carbons (Fsp3) is 0.667. The third kappa shape index (κ3) is 3.81. The SMILES string of the molecule is COc1cc(N)ncc1C1CC2COCC(C1)N2C(=O)OC(C)(C)C. The van der Waals surface area contributed by atoms with E-state index in [0.717, 1.165) is 24.2 Å². The summed E-state index contributed by atoms with van der Waals surface area (Å²) in [6.07, 6.45) is 3.11. The second-order valence-electron chi connectivity index (χ2n) is 7.75. The molecule has 2 fully saturated rings. The summed E-state index contributed by atoms with van der Waals surface area (Å²) >= 11 is 0. The van der Waals surface area contributed by atoms with Gasteiger partial charge in [0, 0.05) is 17.8 Å². The number of carbonyl (C=O) groups excluding carboxylic acids is 1. The number of amides is 1. The van der Waals surface area contributed by atoms with E-state index in [1.165, 1.54) is 0 Å². The molecule has 3 rings (SSSR count). The highest BCUT2D eigenvalue weighted by atomic mass is 16.6. The number of carbonyl (C=O) groups is 1. The smallest absolute Gasteiger partial charge is 0.410 e. The second-order valence-corrected chi connectivity index (χ2v) is 7.75. The van der Waals surface area contributed by atoms with Crippen molar-refractivity contribution in [3.8, 4) is 5.75 Å². The number of pyridine rings is 1. The van der Waals surface area contributed by atoms with Crippen molar-refractivity contribution in [1.82, 2.24) is 9.88 Å². The number of morpholine rings is 1. The predicted molar refractivity (Wildman–Crippen MR) is 93.6 cm³/mol. The average molecular weight is 349 g/mol. The predicted octanol–water partition coefficient (Wildman–Crippen LogP) is 2.55. The van der Waals surface area contributed by atoms with Gasteiger partial charge in [0.1, 0.15) is 17.2 Å². The first-order valence-electron chi connectivity index (χ1n) is 8.67. The molecule has 2 unspecified atom stereocenters. The lowest BCUT2D eigenvalue weighted by atomic mass is 9.81. The number of piperidine rings is 1. The van der Waals surface area contributed by atoms with Gasteiger partial charge >= 0.3 is 6.09 Å². The molecule has 2 aliphatic rings. The number of nitrogens with two attached hydrogens (primary N) is 1. The van der Waals surface area contributed by atoms with Gasteiger partial charge in [0.05, 0.1) is 32.4 Å². The molecule has 138 valence electrons. The van der Waals surface area contributed by atoms with Gasteiger partial charge in [0.25, 0.3) is 0 Å². The number of hydrogen-bond donors (Lipinski definition) is 1. The minimum absolute atomic E-state index is 0.00499. The molecule has 1 amide bonds. The molecule has 1 aromatic heterocycles. The van der Waals surface area contributed by atoms with E-state index in [4.69, 9.17) is 19.9 Å². The van der Waals surface area contributed by atoms with Crippen LogP contribution in [0.1, 0.15) is 45.1 Å². The average Bonchev–Trinajstić information content (AvgIpc) is 2.51.